The van der Waals surface area contributed by atoms with E-state index in [-0.39, 0.29) is 0 Å². The number of nitrogens with zero attached hydrogens (tertiary/aromatic N) is 2. The Morgan fingerprint density at radius 2 is 1.84 bits per heavy atom. The van der Waals surface area contributed by atoms with Gasteiger partial charge >= 0.3 is 6.01 Å². The van der Waals surface area contributed by atoms with Gasteiger partial charge in [0.25, 0.3) is 0 Å². The molecule has 1 heterocycles. The van der Waals surface area contributed by atoms with Crippen molar-refractivity contribution in [2.24, 2.45) is 0 Å². The van der Waals surface area contributed by atoms with Crippen LogP contribution in [0, 0.1) is 0 Å². The third kappa shape index (κ3) is 4.38. The number of anilines is 2. The van der Waals surface area contributed by atoms with Gasteiger partial charge in [0, 0.05) is 21.8 Å². The molecular formula is C12H14Cl2N4O. The van der Waals surface area contributed by atoms with Crippen LogP contribution in [0.25, 0.3) is 0 Å². The molecule has 0 spiro atoms. The van der Waals surface area contributed by atoms with Gasteiger partial charge in [-0.05, 0) is 18.2 Å². The van der Waals surface area contributed by atoms with Crippen LogP contribution in [0.1, 0.15) is 19.7 Å². The minimum atomic E-state index is 0.305. The lowest BCUT2D eigenvalue weighted by Gasteiger charge is -2.04. The molecule has 0 amide bonds. The Hall–Kier alpha value is -1.30. The molecule has 0 aliphatic carbocycles. The Kier molecular flexibility index (Phi) is 4.63. The zero-order valence-corrected chi connectivity index (χ0v) is 12.1. The number of nitrogens with one attached hydrogen (secondary N) is 2. The molecule has 0 fully saturated rings. The van der Waals surface area contributed by atoms with Crippen molar-refractivity contribution >= 4 is 34.9 Å². The van der Waals surface area contributed by atoms with Crippen molar-refractivity contribution in [3.05, 3.63) is 34.1 Å². The molecule has 1 aromatic carbocycles. The summed E-state index contributed by atoms with van der Waals surface area (Å²) >= 11 is 11.8. The van der Waals surface area contributed by atoms with E-state index in [0.717, 1.165) is 0 Å². The molecule has 0 saturated carbocycles. The Labute approximate surface area is 121 Å². The van der Waals surface area contributed by atoms with E-state index in [2.05, 4.69) is 20.8 Å². The maximum Gasteiger partial charge on any atom is 0.320 e. The molecule has 0 atom stereocenters. The van der Waals surface area contributed by atoms with E-state index in [4.69, 9.17) is 27.6 Å². The fourth-order valence-corrected chi connectivity index (χ4v) is 1.94. The van der Waals surface area contributed by atoms with E-state index in [9.17, 15) is 0 Å². The number of halogens is 2. The zero-order chi connectivity index (χ0) is 13.8. The van der Waals surface area contributed by atoms with Gasteiger partial charge in [-0.1, -0.05) is 42.1 Å². The zero-order valence-electron chi connectivity index (χ0n) is 10.6. The standard InChI is InChI=1S/C12H14Cl2N4O/c1-7(2)15-6-11-17-18-12(19-11)16-10-4-8(13)3-9(14)5-10/h3-5,7,15H,6H2,1-2H3,(H,16,18). The predicted octanol–water partition coefficient (Wildman–Crippen LogP) is 3.62. The van der Waals surface area contributed by atoms with Gasteiger partial charge in [-0.15, -0.1) is 5.10 Å². The maximum atomic E-state index is 5.91. The van der Waals surface area contributed by atoms with Crippen molar-refractivity contribution in [1.82, 2.24) is 15.5 Å². The molecule has 0 unspecified atom stereocenters. The highest BCUT2D eigenvalue weighted by atomic mass is 35.5. The van der Waals surface area contributed by atoms with Crippen LogP contribution in [0.2, 0.25) is 10.0 Å². The lowest BCUT2D eigenvalue weighted by Crippen LogP contribution is -2.21. The highest BCUT2D eigenvalue weighted by Gasteiger charge is 2.07. The molecule has 0 aliphatic rings. The highest BCUT2D eigenvalue weighted by molar-refractivity contribution is 6.35. The first-order valence-electron chi connectivity index (χ1n) is 5.82. The first kappa shape index (κ1) is 14.1. The van der Waals surface area contributed by atoms with E-state index in [1.165, 1.54) is 0 Å². The molecule has 2 aromatic rings. The van der Waals surface area contributed by atoms with Gasteiger partial charge in [0.05, 0.1) is 6.54 Å². The van der Waals surface area contributed by atoms with Crippen LogP contribution in [-0.2, 0) is 6.54 Å². The van der Waals surface area contributed by atoms with Crippen LogP contribution in [-0.4, -0.2) is 16.2 Å². The summed E-state index contributed by atoms with van der Waals surface area (Å²) in [5.74, 6) is 0.518. The van der Waals surface area contributed by atoms with E-state index >= 15 is 0 Å². The molecule has 102 valence electrons. The highest BCUT2D eigenvalue weighted by Crippen LogP contribution is 2.24. The summed E-state index contributed by atoms with van der Waals surface area (Å²) in [7, 11) is 0. The molecule has 0 saturated heterocycles. The normalized spacial score (nSPS) is 11.0. The number of aromatic nitrogens is 2. The van der Waals surface area contributed by atoms with E-state index in [1.807, 2.05) is 13.8 Å². The third-order valence-corrected chi connectivity index (χ3v) is 2.68. The molecule has 5 nitrogen and oxygen atoms in total. The van der Waals surface area contributed by atoms with Gasteiger partial charge in [0.1, 0.15) is 0 Å². The minimum absolute atomic E-state index is 0.305. The lowest BCUT2D eigenvalue weighted by atomic mass is 10.3. The van der Waals surface area contributed by atoms with Crippen molar-refractivity contribution in [2.45, 2.75) is 26.4 Å². The quantitative estimate of drug-likeness (QED) is 0.883. The molecule has 0 radical (unpaired) electrons. The topological polar surface area (TPSA) is 63.0 Å². The Balaban J connectivity index is 2.03. The molecule has 1 aromatic heterocycles. The number of hydrogen-bond donors (Lipinski definition) is 2. The summed E-state index contributed by atoms with van der Waals surface area (Å²) in [6.07, 6.45) is 0. The van der Waals surface area contributed by atoms with Gasteiger partial charge in [-0.3, -0.25) is 0 Å². The summed E-state index contributed by atoms with van der Waals surface area (Å²) in [4.78, 5) is 0. The van der Waals surface area contributed by atoms with E-state index < -0.39 is 0 Å². The average Bonchev–Trinajstić information content (AvgIpc) is 2.72. The van der Waals surface area contributed by atoms with Gasteiger partial charge < -0.3 is 15.1 Å². The van der Waals surface area contributed by atoms with Gasteiger partial charge in [-0.25, -0.2) is 0 Å². The van der Waals surface area contributed by atoms with Crippen molar-refractivity contribution in [2.75, 3.05) is 5.32 Å². The predicted molar refractivity (Wildman–Crippen MR) is 76.0 cm³/mol. The van der Waals surface area contributed by atoms with Crippen LogP contribution >= 0.6 is 23.2 Å². The smallest absolute Gasteiger partial charge is 0.320 e. The summed E-state index contributed by atoms with van der Waals surface area (Å²) in [5.41, 5.74) is 0.699. The SMILES string of the molecule is CC(C)NCc1nnc(Nc2cc(Cl)cc(Cl)c2)o1. The second-order valence-electron chi connectivity index (χ2n) is 4.32. The fourth-order valence-electron chi connectivity index (χ4n) is 1.42. The first-order valence-corrected chi connectivity index (χ1v) is 6.57. The maximum absolute atomic E-state index is 5.91. The van der Waals surface area contributed by atoms with E-state index in [0.29, 0.717) is 40.2 Å². The molecule has 0 bridgehead atoms. The van der Waals surface area contributed by atoms with Crippen molar-refractivity contribution < 1.29 is 4.42 Å². The Morgan fingerprint density at radius 1 is 1.16 bits per heavy atom. The number of rotatable bonds is 5. The molecular weight excluding hydrogens is 287 g/mol. The minimum Gasteiger partial charge on any atom is -0.406 e. The summed E-state index contributed by atoms with van der Waals surface area (Å²) in [5, 5.41) is 15.0. The summed E-state index contributed by atoms with van der Waals surface area (Å²) in [6.45, 7) is 4.62. The summed E-state index contributed by atoms with van der Waals surface area (Å²) < 4.78 is 5.44. The monoisotopic (exact) mass is 300 g/mol. The van der Waals surface area contributed by atoms with Crippen molar-refractivity contribution in [3.8, 4) is 0 Å². The fraction of sp³-hybridized carbons (Fsp3) is 0.333. The number of hydrogen-bond acceptors (Lipinski definition) is 5. The molecule has 2 rings (SSSR count). The van der Waals surface area contributed by atoms with E-state index in [1.54, 1.807) is 18.2 Å². The third-order valence-electron chi connectivity index (χ3n) is 2.24. The first-order chi connectivity index (χ1) is 9.02. The van der Waals surface area contributed by atoms with Crippen LogP contribution in [0.5, 0.6) is 0 Å². The van der Waals surface area contributed by atoms with Crippen LogP contribution in [0.4, 0.5) is 11.7 Å². The largest absolute Gasteiger partial charge is 0.406 e. The van der Waals surface area contributed by atoms with Crippen molar-refractivity contribution in [1.29, 1.82) is 0 Å². The Morgan fingerprint density at radius 3 is 2.47 bits per heavy atom. The second kappa shape index (κ2) is 6.23. The second-order valence-corrected chi connectivity index (χ2v) is 5.19. The lowest BCUT2D eigenvalue weighted by molar-refractivity contribution is 0.460. The van der Waals surface area contributed by atoms with Gasteiger partial charge in [0.2, 0.25) is 5.89 Å². The van der Waals surface area contributed by atoms with Crippen molar-refractivity contribution in [3.63, 3.8) is 0 Å². The van der Waals surface area contributed by atoms with Crippen LogP contribution in [0.15, 0.2) is 22.6 Å². The van der Waals surface area contributed by atoms with Crippen LogP contribution < -0.4 is 10.6 Å². The Bertz CT molecular complexity index is 536. The molecule has 19 heavy (non-hydrogen) atoms. The number of benzene rings is 1. The van der Waals surface area contributed by atoms with Gasteiger partial charge in [-0.2, -0.15) is 0 Å². The summed E-state index contributed by atoms with van der Waals surface area (Å²) in [6, 6.07) is 5.77. The molecule has 2 N–H and O–H groups in total. The van der Waals surface area contributed by atoms with Gasteiger partial charge in [0.15, 0.2) is 0 Å². The molecule has 0 aliphatic heterocycles. The molecule has 7 heteroatoms. The average molecular weight is 301 g/mol. The van der Waals surface area contributed by atoms with Crippen LogP contribution in [0.3, 0.4) is 0 Å².